The van der Waals surface area contributed by atoms with E-state index in [1.54, 1.807) is 0 Å². The van der Waals surface area contributed by atoms with Crippen LogP contribution < -0.4 is 5.73 Å². The number of carbonyl (C=O) groups excluding carboxylic acids is 1. The zero-order valence-electron chi connectivity index (χ0n) is 12.9. The highest BCUT2D eigenvalue weighted by Crippen LogP contribution is 2.42. The van der Waals surface area contributed by atoms with Gasteiger partial charge in [0.05, 0.1) is 17.6 Å². The smallest absolute Gasteiger partial charge is 0.230 e. The van der Waals surface area contributed by atoms with Gasteiger partial charge in [0.2, 0.25) is 5.91 Å². The van der Waals surface area contributed by atoms with Crippen LogP contribution in [0.2, 0.25) is 0 Å². The van der Waals surface area contributed by atoms with Crippen molar-refractivity contribution in [2.45, 2.75) is 57.2 Å². The maximum absolute atomic E-state index is 13.0. The average molecular weight is 296 g/mol. The molecule has 0 spiro atoms. The average Bonchev–Trinajstić information content (AvgIpc) is 3.10. The lowest BCUT2D eigenvalue weighted by Crippen LogP contribution is -2.54. The Hall–Kier alpha value is -0.650. The molecule has 2 unspecified atom stereocenters. The second kappa shape index (κ2) is 6.63. The van der Waals surface area contributed by atoms with E-state index in [2.05, 4.69) is 0 Å². The molecular weight excluding hydrogens is 268 g/mol. The third-order valence-electron chi connectivity index (χ3n) is 5.34. The van der Waals surface area contributed by atoms with E-state index in [-0.39, 0.29) is 23.5 Å². The number of carbonyl (C=O) groups is 1. The highest BCUT2D eigenvalue weighted by Gasteiger charge is 2.46. The summed E-state index contributed by atoms with van der Waals surface area (Å²) in [5.41, 5.74) is 5.62. The van der Waals surface area contributed by atoms with Crippen molar-refractivity contribution >= 4 is 5.91 Å². The van der Waals surface area contributed by atoms with Gasteiger partial charge in [-0.15, -0.1) is 0 Å². The largest absolute Gasteiger partial charge is 0.376 e. The van der Waals surface area contributed by atoms with Crippen LogP contribution in [-0.2, 0) is 14.3 Å². The first-order valence-corrected chi connectivity index (χ1v) is 8.46. The normalized spacial score (nSPS) is 31.1. The lowest BCUT2D eigenvalue weighted by atomic mass is 9.67. The molecule has 5 nitrogen and oxygen atoms in total. The zero-order chi connectivity index (χ0) is 14.7. The fourth-order valence-electron chi connectivity index (χ4n) is 3.75. The molecule has 1 saturated carbocycles. The molecule has 2 atom stereocenters. The lowest BCUT2D eigenvalue weighted by Gasteiger charge is -2.43. The van der Waals surface area contributed by atoms with Crippen LogP contribution >= 0.6 is 0 Å². The summed E-state index contributed by atoms with van der Waals surface area (Å²) in [5.74, 6) is 0.238. The molecule has 2 saturated heterocycles. The first-order chi connectivity index (χ1) is 10.2. The van der Waals surface area contributed by atoms with E-state index in [9.17, 15) is 4.79 Å². The van der Waals surface area contributed by atoms with E-state index in [1.807, 2.05) is 4.90 Å². The molecule has 0 aromatic heterocycles. The van der Waals surface area contributed by atoms with Crippen molar-refractivity contribution in [1.29, 1.82) is 0 Å². The monoisotopic (exact) mass is 296 g/mol. The van der Waals surface area contributed by atoms with Gasteiger partial charge in [-0.05, 0) is 38.5 Å². The third kappa shape index (κ3) is 3.25. The maximum Gasteiger partial charge on any atom is 0.230 e. The molecule has 0 aromatic rings. The molecule has 0 bridgehead atoms. The molecular formula is C16H28N2O3. The fourth-order valence-corrected chi connectivity index (χ4v) is 3.75. The Balaban J connectivity index is 1.65. The number of rotatable bonds is 6. The number of ether oxygens (including phenoxy) is 2. The van der Waals surface area contributed by atoms with Gasteiger partial charge in [-0.3, -0.25) is 4.79 Å². The van der Waals surface area contributed by atoms with E-state index < -0.39 is 0 Å². The SMILES string of the molecule is NCC1(C(=O)N(CC2CCCO2)CC2CCCO2)CCC1. The highest BCUT2D eigenvalue weighted by molar-refractivity contribution is 5.84. The number of nitrogens with zero attached hydrogens (tertiary/aromatic N) is 1. The van der Waals surface area contributed by atoms with E-state index in [4.69, 9.17) is 15.2 Å². The minimum absolute atomic E-state index is 0.199. The van der Waals surface area contributed by atoms with Gasteiger partial charge < -0.3 is 20.1 Å². The van der Waals surface area contributed by atoms with Crippen molar-refractivity contribution in [3.05, 3.63) is 0 Å². The van der Waals surface area contributed by atoms with Crippen LogP contribution in [0.4, 0.5) is 0 Å². The molecule has 0 radical (unpaired) electrons. The van der Waals surface area contributed by atoms with Gasteiger partial charge in [0.15, 0.2) is 0 Å². The lowest BCUT2D eigenvalue weighted by molar-refractivity contribution is -0.150. The first-order valence-electron chi connectivity index (χ1n) is 8.46. The van der Waals surface area contributed by atoms with Crippen molar-refractivity contribution < 1.29 is 14.3 Å². The molecule has 2 N–H and O–H groups in total. The van der Waals surface area contributed by atoms with Gasteiger partial charge >= 0.3 is 0 Å². The van der Waals surface area contributed by atoms with Crippen LogP contribution in [0.15, 0.2) is 0 Å². The van der Waals surface area contributed by atoms with E-state index in [0.717, 1.165) is 58.2 Å². The summed E-state index contributed by atoms with van der Waals surface area (Å²) in [5, 5.41) is 0. The van der Waals surface area contributed by atoms with Crippen molar-refractivity contribution in [3.63, 3.8) is 0 Å². The Kier molecular flexibility index (Phi) is 4.82. The number of amides is 1. The third-order valence-corrected chi connectivity index (χ3v) is 5.34. The van der Waals surface area contributed by atoms with Crippen LogP contribution in [-0.4, -0.2) is 55.9 Å². The minimum Gasteiger partial charge on any atom is -0.376 e. The summed E-state index contributed by atoms with van der Waals surface area (Å²) in [7, 11) is 0. The van der Waals surface area contributed by atoms with Crippen molar-refractivity contribution in [2.24, 2.45) is 11.1 Å². The second-order valence-corrected chi connectivity index (χ2v) is 6.82. The predicted molar refractivity (Wildman–Crippen MR) is 79.9 cm³/mol. The molecule has 0 aromatic carbocycles. The molecule has 1 aliphatic carbocycles. The summed E-state index contributed by atoms with van der Waals surface area (Å²) in [6.45, 7) is 3.55. The van der Waals surface area contributed by atoms with Gasteiger partial charge in [-0.25, -0.2) is 0 Å². The zero-order valence-corrected chi connectivity index (χ0v) is 12.9. The molecule has 5 heteroatoms. The standard InChI is InChI=1S/C16H28N2O3/c17-12-16(6-3-7-16)15(19)18(10-13-4-1-8-20-13)11-14-5-2-9-21-14/h13-14H,1-12,17H2. The molecule has 3 aliphatic rings. The molecule has 2 aliphatic heterocycles. The summed E-state index contributed by atoms with van der Waals surface area (Å²) in [6.07, 6.45) is 7.73. The predicted octanol–water partition coefficient (Wildman–Crippen LogP) is 1.30. The maximum atomic E-state index is 13.0. The topological polar surface area (TPSA) is 64.8 Å². The molecule has 120 valence electrons. The van der Waals surface area contributed by atoms with Crippen molar-refractivity contribution in [3.8, 4) is 0 Å². The van der Waals surface area contributed by atoms with Crippen molar-refractivity contribution in [1.82, 2.24) is 4.90 Å². The van der Waals surface area contributed by atoms with Gasteiger partial charge in [-0.2, -0.15) is 0 Å². The van der Waals surface area contributed by atoms with E-state index >= 15 is 0 Å². The van der Waals surface area contributed by atoms with Crippen molar-refractivity contribution in [2.75, 3.05) is 32.8 Å². The Morgan fingerprint density at radius 1 is 1.05 bits per heavy atom. The van der Waals surface area contributed by atoms with E-state index in [0.29, 0.717) is 19.6 Å². The Morgan fingerprint density at radius 3 is 1.95 bits per heavy atom. The van der Waals surface area contributed by atoms with Crippen LogP contribution in [0.25, 0.3) is 0 Å². The molecule has 1 amide bonds. The number of nitrogens with two attached hydrogens (primary N) is 1. The quantitative estimate of drug-likeness (QED) is 0.802. The van der Waals surface area contributed by atoms with Gasteiger partial charge in [0, 0.05) is 32.8 Å². The Labute approximate surface area is 127 Å². The fraction of sp³-hybridized carbons (Fsp3) is 0.938. The highest BCUT2D eigenvalue weighted by atomic mass is 16.5. The summed E-state index contributed by atoms with van der Waals surface area (Å²) in [6, 6.07) is 0. The first kappa shape index (κ1) is 15.3. The second-order valence-electron chi connectivity index (χ2n) is 6.82. The number of hydrogen-bond acceptors (Lipinski definition) is 4. The molecule has 3 fully saturated rings. The molecule has 21 heavy (non-hydrogen) atoms. The van der Waals surface area contributed by atoms with Gasteiger partial charge in [0.1, 0.15) is 0 Å². The summed E-state index contributed by atoms with van der Waals surface area (Å²) >= 11 is 0. The minimum atomic E-state index is -0.294. The van der Waals surface area contributed by atoms with Crippen LogP contribution in [0.5, 0.6) is 0 Å². The Bertz CT molecular complexity index is 335. The summed E-state index contributed by atoms with van der Waals surface area (Å²) < 4.78 is 11.5. The van der Waals surface area contributed by atoms with Crippen LogP contribution in [0.3, 0.4) is 0 Å². The van der Waals surface area contributed by atoms with Gasteiger partial charge in [0.25, 0.3) is 0 Å². The Morgan fingerprint density at radius 2 is 1.62 bits per heavy atom. The molecule has 2 heterocycles. The van der Waals surface area contributed by atoms with Crippen LogP contribution in [0.1, 0.15) is 44.9 Å². The summed E-state index contributed by atoms with van der Waals surface area (Å²) in [4.78, 5) is 15.0. The van der Waals surface area contributed by atoms with Gasteiger partial charge in [-0.1, -0.05) is 6.42 Å². The molecule has 3 rings (SSSR count). The number of hydrogen-bond donors (Lipinski definition) is 1. The van der Waals surface area contributed by atoms with Crippen LogP contribution in [0, 0.1) is 5.41 Å². The van der Waals surface area contributed by atoms with E-state index in [1.165, 1.54) is 0 Å².